The smallest absolute Gasteiger partial charge is 0.404 e. The molecule has 0 aromatic heterocycles. The molecule has 10 nitrogen and oxygen atoms in total. The Bertz CT molecular complexity index is 603. The molecule has 21 heavy (non-hydrogen) atoms. The molecule has 0 fully saturated rings. The number of primary amides is 1. The summed E-state index contributed by atoms with van der Waals surface area (Å²) >= 11 is 0. The molecule has 0 unspecified atom stereocenters. The lowest BCUT2D eigenvalue weighted by molar-refractivity contribution is -0.384. The molecule has 0 saturated heterocycles. The molecular formula is C11H12N4O6. The largest absolute Gasteiger partial charge is 0.481 e. The highest BCUT2D eigenvalue weighted by atomic mass is 16.6. The normalized spacial score (nSPS) is 12.7. The van der Waals surface area contributed by atoms with Crippen molar-refractivity contribution in [1.82, 2.24) is 0 Å². The number of amides is 2. The van der Waals surface area contributed by atoms with Crippen molar-refractivity contribution < 1.29 is 24.0 Å². The summed E-state index contributed by atoms with van der Waals surface area (Å²) in [5.74, 6) is -0.125. The number of benzene rings is 1. The molecule has 0 radical (unpaired) electrons. The molecule has 0 bridgehead atoms. The number of nitrogens with two attached hydrogens (primary N) is 1. The van der Waals surface area contributed by atoms with Gasteiger partial charge in [-0.05, 0) is 6.07 Å². The van der Waals surface area contributed by atoms with Gasteiger partial charge in [-0.25, -0.2) is 4.79 Å². The first kappa shape index (κ1) is 14.4. The predicted octanol–water partition coefficient (Wildman–Crippen LogP) is 0.433. The summed E-state index contributed by atoms with van der Waals surface area (Å²) in [6.07, 6.45) is -0.933. The maximum atomic E-state index is 11.2. The summed E-state index contributed by atoms with van der Waals surface area (Å²) in [7, 11) is 0. The van der Waals surface area contributed by atoms with Crippen LogP contribution in [0.2, 0.25) is 0 Å². The molecule has 0 atom stereocenters. The molecule has 1 aromatic carbocycles. The van der Waals surface area contributed by atoms with Gasteiger partial charge in [0.1, 0.15) is 12.3 Å². The lowest BCUT2D eigenvalue weighted by atomic mass is 10.2. The summed E-state index contributed by atoms with van der Waals surface area (Å²) < 4.78 is 9.61. The van der Waals surface area contributed by atoms with E-state index in [-0.39, 0.29) is 42.8 Å². The first-order chi connectivity index (χ1) is 9.97. The van der Waals surface area contributed by atoms with Gasteiger partial charge in [0.15, 0.2) is 12.4 Å². The third-order valence-electron chi connectivity index (χ3n) is 2.59. The Kier molecular flexibility index (Phi) is 4.07. The number of carbonyl (C=O) groups excluding carboxylic acids is 2. The van der Waals surface area contributed by atoms with Crippen LogP contribution < -0.4 is 21.1 Å². The minimum Gasteiger partial charge on any atom is -0.481 e. The molecular weight excluding hydrogens is 284 g/mol. The Morgan fingerprint density at radius 1 is 1.57 bits per heavy atom. The topological polar surface area (TPSA) is 146 Å². The molecule has 1 aliphatic heterocycles. The molecule has 2 amide bonds. The van der Waals surface area contributed by atoms with Crippen LogP contribution in [0.4, 0.5) is 21.9 Å². The number of ether oxygens (including phenoxy) is 2. The van der Waals surface area contributed by atoms with E-state index in [4.69, 9.17) is 10.5 Å². The van der Waals surface area contributed by atoms with Crippen molar-refractivity contribution in [1.29, 1.82) is 0 Å². The van der Waals surface area contributed by atoms with E-state index >= 15 is 0 Å². The first-order valence-electron chi connectivity index (χ1n) is 5.88. The van der Waals surface area contributed by atoms with E-state index in [0.717, 1.165) is 0 Å². The molecule has 1 heterocycles. The summed E-state index contributed by atoms with van der Waals surface area (Å²) in [4.78, 5) is 32.1. The van der Waals surface area contributed by atoms with Gasteiger partial charge in [0, 0.05) is 6.54 Å². The zero-order chi connectivity index (χ0) is 15.4. The van der Waals surface area contributed by atoms with Crippen molar-refractivity contribution in [2.24, 2.45) is 5.73 Å². The zero-order valence-corrected chi connectivity index (χ0v) is 10.8. The summed E-state index contributed by atoms with van der Waals surface area (Å²) in [6, 6.07) is 2.60. The number of fused-ring (bicyclic) bond motifs is 1. The fraction of sp³-hybridized carbons (Fsp3) is 0.273. The minimum absolute atomic E-state index is 0.0492. The highest BCUT2D eigenvalue weighted by Crippen LogP contribution is 2.37. The van der Waals surface area contributed by atoms with Gasteiger partial charge < -0.3 is 25.8 Å². The molecule has 0 spiro atoms. The fourth-order valence-corrected chi connectivity index (χ4v) is 1.75. The van der Waals surface area contributed by atoms with Crippen LogP contribution in [0.3, 0.4) is 0 Å². The number of nitrogens with one attached hydrogen (secondary N) is 2. The number of rotatable bonds is 5. The molecule has 0 saturated carbocycles. The van der Waals surface area contributed by atoms with E-state index in [1.165, 1.54) is 12.1 Å². The van der Waals surface area contributed by atoms with Gasteiger partial charge in [0.05, 0.1) is 16.7 Å². The summed E-state index contributed by atoms with van der Waals surface area (Å²) in [5.41, 5.74) is 5.07. The third kappa shape index (κ3) is 3.49. The highest BCUT2D eigenvalue weighted by Gasteiger charge is 2.23. The van der Waals surface area contributed by atoms with E-state index in [2.05, 4.69) is 15.4 Å². The van der Waals surface area contributed by atoms with E-state index < -0.39 is 11.0 Å². The Morgan fingerprint density at radius 3 is 3.00 bits per heavy atom. The van der Waals surface area contributed by atoms with Gasteiger partial charge in [-0.15, -0.1) is 0 Å². The van der Waals surface area contributed by atoms with Crippen LogP contribution in [0, 0.1) is 10.1 Å². The van der Waals surface area contributed by atoms with Crippen LogP contribution in [0.15, 0.2) is 12.1 Å². The molecule has 1 aliphatic rings. The van der Waals surface area contributed by atoms with E-state index in [1.54, 1.807) is 0 Å². The zero-order valence-electron chi connectivity index (χ0n) is 10.8. The van der Waals surface area contributed by atoms with Crippen LogP contribution >= 0.6 is 0 Å². The van der Waals surface area contributed by atoms with Crippen molar-refractivity contribution in [3.63, 3.8) is 0 Å². The average molecular weight is 296 g/mol. The Labute approximate surface area is 118 Å². The number of hydrogen-bond acceptors (Lipinski definition) is 7. The van der Waals surface area contributed by atoms with Crippen LogP contribution in [-0.4, -0.2) is 36.7 Å². The number of hydrogen-bond donors (Lipinski definition) is 3. The van der Waals surface area contributed by atoms with Gasteiger partial charge in [-0.3, -0.25) is 14.9 Å². The average Bonchev–Trinajstić information content (AvgIpc) is 2.42. The van der Waals surface area contributed by atoms with E-state index in [9.17, 15) is 19.7 Å². The lowest BCUT2D eigenvalue weighted by Crippen LogP contribution is -2.25. The Hall–Kier alpha value is -3.04. The lowest BCUT2D eigenvalue weighted by Gasteiger charge is -2.19. The summed E-state index contributed by atoms with van der Waals surface area (Å²) in [5, 5.41) is 16.3. The highest BCUT2D eigenvalue weighted by molar-refractivity contribution is 5.96. The maximum Gasteiger partial charge on any atom is 0.404 e. The van der Waals surface area contributed by atoms with Crippen molar-refractivity contribution in [3.05, 3.63) is 22.2 Å². The number of anilines is 2. The first-order valence-corrected chi connectivity index (χ1v) is 5.88. The van der Waals surface area contributed by atoms with Crippen molar-refractivity contribution in [2.75, 3.05) is 30.4 Å². The van der Waals surface area contributed by atoms with Gasteiger partial charge in [0.2, 0.25) is 0 Å². The molecule has 2 rings (SSSR count). The summed E-state index contributed by atoms with van der Waals surface area (Å²) in [6.45, 7) is -0.118. The Morgan fingerprint density at radius 2 is 2.33 bits per heavy atom. The van der Waals surface area contributed by atoms with Gasteiger partial charge >= 0.3 is 6.09 Å². The molecule has 10 heteroatoms. The quantitative estimate of drug-likeness (QED) is 0.405. The van der Waals surface area contributed by atoms with Gasteiger partial charge in [-0.2, -0.15) is 0 Å². The second kappa shape index (κ2) is 5.94. The van der Waals surface area contributed by atoms with E-state index in [0.29, 0.717) is 5.69 Å². The second-order valence-electron chi connectivity index (χ2n) is 4.05. The maximum absolute atomic E-state index is 11.2. The fourth-order valence-electron chi connectivity index (χ4n) is 1.75. The van der Waals surface area contributed by atoms with Gasteiger partial charge in [-0.1, -0.05) is 0 Å². The minimum atomic E-state index is -0.933. The number of nitro benzene ring substituents is 1. The van der Waals surface area contributed by atoms with Crippen LogP contribution in [0.25, 0.3) is 0 Å². The molecule has 112 valence electrons. The number of nitrogens with zero attached hydrogens (tertiary/aromatic N) is 1. The van der Waals surface area contributed by atoms with Crippen molar-refractivity contribution in [3.8, 4) is 5.75 Å². The van der Waals surface area contributed by atoms with Gasteiger partial charge in [0.25, 0.3) is 11.6 Å². The van der Waals surface area contributed by atoms with Crippen molar-refractivity contribution in [2.45, 2.75) is 0 Å². The van der Waals surface area contributed by atoms with E-state index in [1.807, 2.05) is 0 Å². The van der Waals surface area contributed by atoms with Crippen LogP contribution in [0.1, 0.15) is 0 Å². The van der Waals surface area contributed by atoms with Crippen LogP contribution in [-0.2, 0) is 9.53 Å². The molecule has 4 N–H and O–H groups in total. The predicted molar refractivity (Wildman–Crippen MR) is 71.2 cm³/mol. The third-order valence-corrected chi connectivity index (χ3v) is 2.59. The number of nitro groups is 1. The standard InChI is InChI=1S/C11H12N4O6/c12-11(17)20-2-1-13-6-3-7-9(4-8(6)15(18)19)21-5-10(16)14-7/h3-4,13H,1-2,5H2,(H2,12,17)(H,14,16). The van der Waals surface area contributed by atoms with Crippen molar-refractivity contribution >= 4 is 29.1 Å². The second-order valence-corrected chi connectivity index (χ2v) is 4.05. The molecule has 1 aromatic rings. The van der Waals surface area contributed by atoms with Crippen LogP contribution in [0.5, 0.6) is 5.75 Å². The molecule has 0 aliphatic carbocycles. The Balaban J connectivity index is 2.17. The monoisotopic (exact) mass is 296 g/mol. The number of carbonyl (C=O) groups is 2. The SMILES string of the molecule is NC(=O)OCCNc1cc2c(cc1[N+](=O)[O-])OCC(=O)N2.